The summed E-state index contributed by atoms with van der Waals surface area (Å²) in [6.07, 6.45) is 0.423. The fraction of sp³-hybridized carbons (Fsp3) is 0.333. The number of para-hydroxylation sites is 1. The third kappa shape index (κ3) is 1.68. The Morgan fingerprint density at radius 1 is 1.12 bits per heavy atom. The van der Waals surface area contributed by atoms with E-state index in [1.165, 1.54) is 4.90 Å². The predicted octanol–water partition coefficient (Wildman–Crippen LogP) is 1.71. The van der Waals surface area contributed by atoms with E-state index in [1.54, 1.807) is 6.07 Å². The van der Waals surface area contributed by atoms with Gasteiger partial charge in [0, 0.05) is 3.57 Å². The molecule has 2 atom stereocenters. The summed E-state index contributed by atoms with van der Waals surface area (Å²) in [5, 5.41) is 0. The summed E-state index contributed by atoms with van der Waals surface area (Å²) >= 11 is 2.13. The third-order valence-corrected chi connectivity index (χ3v) is 4.02. The van der Waals surface area contributed by atoms with E-state index in [-0.39, 0.29) is 11.8 Å². The Kier molecular flexibility index (Phi) is 2.67. The number of carbonyl (C=O) groups is 2. The van der Waals surface area contributed by atoms with E-state index in [2.05, 4.69) is 22.6 Å². The number of morpholine rings is 1. The molecule has 0 aliphatic carbocycles. The number of amides is 2. The molecule has 5 heteroatoms. The van der Waals surface area contributed by atoms with Crippen LogP contribution in [0.1, 0.15) is 12.8 Å². The van der Waals surface area contributed by atoms with Crippen molar-refractivity contribution in [3.05, 3.63) is 27.8 Å². The van der Waals surface area contributed by atoms with Crippen LogP contribution in [0.2, 0.25) is 0 Å². The van der Waals surface area contributed by atoms with Crippen LogP contribution < -0.4 is 4.90 Å². The number of rotatable bonds is 1. The van der Waals surface area contributed by atoms with Crippen LogP contribution in [0.15, 0.2) is 24.3 Å². The van der Waals surface area contributed by atoms with E-state index in [0.717, 1.165) is 3.57 Å². The molecule has 0 N–H and O–H groups in total. The number of nitrogens with zero attached hydrogens (tertiary/aromatic N) is 1. The highest BCUT2D eigenvalue weighted by Crippen LogP contribution is 2.33. The van der Waals surface area contributed by atoms with Gasteiger partial charge in [0.2, 0.25) is 0 Å². The quantitative estimate of drug-likeness (QED) is 0.576. The van der Waals surface area contributed by atoms with Crippen molar-refractivity contribution in [2.45, 2.75) is 25.0 Å². The Bertz CT molecular complexity index is 480. The topological polar surface area (TPSA) is 46.6 Å². The average Bonchev–Trinajstić information content (AvgIpc) is 2.76. The normalized spacial score (nSPS) is 27.7. The predicted molar refractivity (Wildman–Crippen MR) is 69.5 cm³/mol. The minimum absolute atomic E-state index is 0.229. The van der Waals surface area contributed by atoms with Gasteiger partial charge in [-0.2, -0.15) is 0 Å². The summed E-state index contributed by atoms with van der Waals surface area (Å²) in [4.78, 5) is 25.5. The van der Waals surface area contributed by atoms with Crippen LogP contribution in [0.4, 0.5) is 5.69 Å². The van der Waals surface area contributed by atoms with Gasteiger partial charge in [0.15, 0.2) is 0 Å². The first-order valence-corrected chi connectivity index (χ1v) is 6.54. The largest absolute Gasteiger partial charge is 0.355 e. The molecule has 2 bridgehead atoms. The molecule has 1 aromatic carbocycles. The smallest absolute Gasteiger partial charge is 0.263 e. The number of fused-ring (bicyclic) bond motifs is 2. The molecule has 3 rings (SSSR count). The zero-order valence-electron chi connectivity index (χ0n) is 8.93. The summed E-state index contributed by atoms with van der Waals surface area (Å²) in [6.45, 7) is 0. The second-order valence-corrected chi connectivity index (χ2v) is 5.32. The molecule has 0 spiro atoms. The van der Waals surface area contributed by atoms with Crippen molar-refractivity contribution in [3.63, 3.8) is 0 Å². The molecular weight excluding hydrogens is 333 g/mol. The van der Waals surface area contributed by atoms with Crippen LogP contribution >= 0.6 is 22.6 Å². The van der Waals surface area contributed by atoms with Crippen molar-refractivity contribution in [1.29, 1.82) is 0 Å². The fourth-order valence-electron chi connectivity index (χ4n) is 2.27. The van der Waals surface area contributed by atoms with E-state index < -0.39 is 12.2 Å². The van der Waals surface area contributed by atoms with Gasteiger partial charge in [0.25, 0.3) is 11.8 Å². The minimum Gasteiger partial charge on any atom is -0.355 e. The number of carbonyl (C=O) groups excluding carboxylic acids is 2. The molecule has 0 radical (unpaired) electrons. The lowest BCUT2D eigenvalue weighted by molar-refractivity contribution is -0.146. The molecular formula is C12H10INO3. The third-order valence-electron chi connectivity index (χ3n) is 3.10. The average molecular weight is 343 g/mol. The van der Waals surface area contributed by atoms with Crippen LogP contribution in [-0.4, -0.2) is 24.0 Å². The van der Waals surface area contributed by atoms with Crippen molar-refractivity contribution in [2.24, 2.45) is 0 Å². The molecule has 4 nitrogen and oxygen atoms in total. The molecule has 88 valence electrons. The number of ether oxygens (including phenoxy) is 1. The van der Waals surface area contributed by atoms with Crippen molar-refractivity contribution < 1.29 is 14.3 Å². The Morgan fingerprint density at radius 3 is 2.29 bits per heavy atom. The minimum atomic E-state index is -0.436. The lowest BCUT2D eigenvalue weighted by Gasteiger charge is -2.30. The maximum atomic E-state index is 12.1. The van der Waals surface area contributed by atoms with Gasteiger partial charge >= 0.3 is 0 Å². The second-order valence-electron chi connectivity index (χ2n) is 4.15. The van der Waals surface area contributed by atoms with Crippen LogP contribution in [0.5, 0.6) is 0 Å². The number of halogens is 1. The van der Waals surface area contributed by atoms with Crippen LogP contribution in [-0.2, 0) is 14.3 Å². The summed E-state index contributed by atoms with van der Waals surface area (Å²) in [7, 11) is 0. The summed E-state index contributed by atoms with van der Waals surface area (Å²) in [5.41, 5.74) is 0.670. The number of benzene rings is 1. The highest BCUT2D eigenvalue weighted by molar-refractivity contribution is 14.1. The fourth-order valence-corrected chi connectivity index (χ4v) is 2.90. The lowest BCUT2D eigenvalue weighted by atomic mass is 10.2. The van der Waals surface area contributed by atoms with Gasteiger partial charge in [-0.1, -0.05) is 12.1 Å². The van der Waals surface area contributed by atoms with Crippen molar-refractivity contribution >= 4 is 40.1 Å². The zero-order chi connectivity index (χ0) is 12.0. The zero-order valence-corrected chi connectivity index (χ0v) is 11.1. The Balaban J connectivity index is 2.05. The first kappa shape index (κ1) is 11.2. The number of hydrogen-bond donors (Lipinski definition) is 0. The number of imide groups is 1. The second kappa shape index (κ2) is 4.06. The highest BCUT2D eigenvalue weighted by atomic mass is 127. The molecule has 2 heterocycles. The van der Waals surface area contributed by atoms with E-state index in [9.17, 15) is 9.59 Å². The van der Waals surface area contributed by atoms with Gasteiger partial charge in [-0.25, -0.2) is 4.90 Å². The first-order chi connectivity index (χ1) is 8.18. The Morgan fingerprint density at radius 2 is 1.71 bits per heavy atom. The van der Waals surface area contributed by atoms with Crippen molar-refractivity contribution in [1.82, 2.24) is 0 Å². The van der Waals surface area contributed by atoms with Gasteiger partial charge in [0.1, 0.15) is 12.2 Å². The molecule has 2 aliphatic rings. The van der Waals surface area contributed by atoms with Gasteiger partial charge < -0.3 is 4.74 Å². The molecule has 1 aromatic rings. The molecule has 0 aromatic heterocycles. The lowest BCUT2D eigenvalue weighted by Crippen LogP contribution is -2.52. The van der Waals surface area contributed by atoms with Gasteiger partial charge in [-0.3, -0.25) is 9.59 Å². The van der Waals surface area contributed by atoms with Crippen LogP contribution in [0.25, 0.3) is 0 Å². The molecule has 2 saturated heterocycles. The molecule has 0 saturated carbocycles. The molecule has 2 aliphatic heterocycles. The Hall–Kier alpha value is -0.950. The van der Waals surface area contributed by atoms with Gasteiger partial charge in [-0.15, -0.1) is 0 Å². The summed E-state index contributed by atoms with van der Waals surface area (Å²) < 4.78 is 6.27. The first-order valence-electron chi connectivity index (χ1n) is 5.46. The number of hydrogen-bond acceptors (Lipinski definition) is 3. The van der Waals surface area contributed by atoms with E-state index in [1.807, 2.05) is 18.2 Å². The molecule has 2 unspecified atom stereocenters. The molecule has 2 fully saturated rings. The maximum absolute atomic E-state index is 12.1. The van der Waals surface area contributed by atoms with Crippen molar-refractivity contribution in [2.75, 3.05) is 4.90 Å². The van der Waals surface area contributed by atoms with Crippen molar-refractivity contribution in [3.8, 4) is 0 Å². The number of anilines is 1. The van der Waals surface area contributed by atoms with Crippen LogP contribution in [0, 0.1) is 3.57 Å². The Labute approximate surface area is 112 Å². The van der Waals surface area contributed by atoms with E-state index in [4.69, 9.17) is 4.74 Å². The monoisotopic (exact) mass is 343 g/mol. The van der Waals surface area contributed by atoms with E-state index in [0.29, 0.717) is 18.5 Å². The summed E-state index contributed by atoms with van der Waals surface area (Å²) in [5.74, 6) is -0.458. The van der Waals surface area contributed by atoms with Crippen LogP contribution in [0.3, 0.4) is 0 Å². The molecule has 2 amide bonds. The van der Waals surface area contributed by atoms with Gasteiger partial charge in [-0.05, 0) is 47.6 Å². The highest BCUT2D eigenvalue weighted by Gasteiger charge is 2.47. The maximum Gasteiger partial charge on any atom is 0.263 e. The van der Waals surface area contributed by atoms with Gasteiger partial charge in [0.05, 0.1) is 5.69 Å². The summed E-state index contributed by atoms with van der Waals surface area (Å²) in [6, 6.07) is 7.39. The molecule has 17 heavy (non-hydrogen) atoms. The standard InChI is InChI=1S/C12H10INO3/c13-7-3-1-2-4-8(7)14-11(15)9-5-6-10(17-9)12(14)16/h1-4,9-10H,5-6H2. The van der Waals surface area contributed by atoms with E-state index >= 15 is 0 Å². The SMILES string of the molecule is O=C1C2CCC(O2)C(=O)N1c1ccccc1I.